The zero-order valence-electron chi connectivity index (χ0n) is 17.7. The lowest BCUT2D eigenvalue weighted by Crippen LogP contribution is -2.41. The van der Waals surface area contributed by atoms with Crippen LogP contribution in [0, 0.1) is 18.8 Å². The maximum Gasteiger partial charge on any atom is 0.310 e. The quantitative estimate of drug-likeness (QED) is 0.629. The lowest BCUT2D eigenvalue weighted by atomic mass is 9.78. The third-order valence-corrected chi connectivity index (χ3v) is 7.32. The van der Waals surface area contributed by atoms with Crippen LogP contribution in [-0.4, -0.2) is 35.1 Å². The van der Waals surface area contributed by atoms with Gasteiger partial charge in [0.15, 0.2) is 0 Å². The molecule has 2 amide bonds. The number of carbonyl (C=O) groups is 3. The van der Waals surface area contributed by atoms with Crippen molar-refractivity contribution in [2.75, 3.05) is 5.32 Å². The smallest absolute Gasteiger partial charge is 0.310 e. The number of fused-ring (bicyclic) bond motifs is 2. The Morgan fingerprint density at radius 3 is 2.29 bits per heavy atom. The number of thiophene rings is 1. The highest BCUT2D eigenvalue weighted by molar-refractivity contribution is 7.17. The molecule has 2 fully saturated rings. The van der Waals surface area contributed by atoms with Crippen LogP contribution in [-0.2, 0) is 14.3 Å². The van der Waals surface area contributed by atoms with Gasteiger partial charge in [0.1, 0.15) is 5.00 Å². The van der Waals surface area contributed by atoms with Crippen molar-refractivity contribution in [1.29, 1.82) is 0 Å². The Kier molecular flexibility index (Phi) is 5.61. The second kappa shape index (κ2) is 8.09. The molecule has 0 spiro atoms. The van der Waals surface area contributed by atoms with Gasteiger partial charge in [0.2, 0.25) is 5.91 Å². The van der Waals surface area contributed by atoms with Gasteiger partial charge in [0, 0.05) is 10.4 Å². The Morgan fingerprint density at radius 1 is 1.13 bits per heavy atom. The standard InChI is InChI=1S/C23H26N2O5S/c1-10(2)12-4-6-13(7-5-12)16-11(3)31-22(19(16)20(24)26)25-21(27)17-14-8-9-15(30-14)18(17)23(28)29/h4-7,10,14-15,17-18H,8-9H2,1-3H3,(H2,24,26)(H,25,27)(H,28,29)/t14-,15-,17-,18-/m0/s1. The fraction of sp³-hybridized carbons (Fsp3) is 0.435. The van der Waals surface area contributed by atoms with E-state index in [2.05, 4.69) is 19.2 Å². The lowest BCUT2D eigenvalue weighted by molar-refractivity contribution is -0.147. The van der Waals surface area contributed by atoms with Gasteiger partial charge in [-0.3, -0.25) is 14.4 Å². The number of anilines is 1. The van der Waals surface area contributed by atoms with Gasteiger partial charge < -0.3 is 20.9 Å². The summed E-state index contributed by atoms with van der Waals surface area (Å²) in [6.07, 6.45) is 0.458. The maximum absolute atomic E-state index is 13.1. The summed E-state index contributed by atoms with van der Waals surface area (Å²) in [6, 6.07) is 7.94. The number of aliphatic carboxylic acids is 1. The normalized spacial score (nSPS) is 24.5. The van der Waals surface area contributed by atoms with Crippen molar-refractivity contribution in [3.8, 4) is 11.1 Å². The number of carbonyl (C=O) groups excluding carboxylic acids is 2. The molecular formula is C23H26N2O5S. The molecule has 2 bridgehead atoms. The van der Waals surface area contributed by atoms with Gasteiger partial charge in [0.25, 0.3) is 5.91 Å². The van der Waals surface area contributed by atoms with Crippen LogP contribution in [0.1, 0.15) is 53.4 Å². The molecule has 3 heterocycles. The number of aryl methyl sites for hydroxylation is 1. The summed E-state index contributed by atoms with van der Waals surface area (Å²) < 4.78 is 5.69. The third kappa shape index (κ3) is 3.74. The SMILES string of the molecule is Cc1sc(NC(=O)[C@@H]2[C@@H](C(=O)O)[C@@H]3CC[C@@H]2O3)c(C(N)=O)c1-c1ccc(C(C)C)cc1. The van der Waals surface area contributed by atoms with E-state index in [0.29, 0.717) is 29.3 Å². The van der Waals surface area contributed by atoms with Crippen LogP contribution >= 0.6 is 11.3 Å². The van der Waals surface area contributed by atoms with Crippen molar-refractivity contribution in [2.45, 2.75) is 51.7 Å². The maximum atomic E-state index is 13.1. The number of rotatable bonds is 6. The molecule has 2 aliphatic rings. The fourth-order valence-electron chi connectivity index (χ4n) is 4.77. The monoisotopic (exact) mass is 442 g/mol. The number of ether oxygens (including phenoxy) is 1. The summed E-state index contributed by atoms with van der Waals surface area (Å²) in [5.41, 5.74) is 8.69. The fourth-order valence-corrected chi connectivity index (χ4v) is 5.85. The van der Waals surface area contributed by atoms with Crippen LogP contribution in [0.2, 0.25) is 0 Å². The molecule has 1 aromatic heterocycles. The molecule has 4 N–H and O–H groups in total. The van der Waals surface area contributed by atoms with Gasteiger partial charge in [-0.05, 0) is 36.8 Å². The van der Waals surface area contributed by atoms with Gasteiger partial charge in [-0.25, -0.2) is 0 Å². The van der Waals surface area contributed by atoms with E-state index in [9.17, 15) is 19.5 Å². The molecule has 31 heavy (non-hydrogen) atoms. The van der Waals surface area contributed by atoms with Crippen LogP contribution in [0.15, 0.2) is 24.3 Å². The molecule has 8 heteroatoms. The van der Waals surface area contributed by atoms with E-state index >= 15 is 0 Å². The van der Waals surface area contributed by atoms with Gasteiger partial charge in [-0.15, -0.1) is 11.3 Å². The summed E-state index contributed by atoms with van der Waals surface area (Å²) in [6.45, 7) is 6.09. The second-order valence-corrected chi connectivity index (χ2v) is 9.77. The minimum Gasteiger partial charge on any atom is -0.481 e. The zero-order chi connectivity index (χ0) is 22.4. The number of amides is 2. The van der Waals surface area contributed by atoms with E-state index in [1.54, 1.807) is 0 Å². The third-order valence-electron chi connectivity index (χ3n) is 6.29. The van der Waals surface area contributed by atoms with Gasteiger partial charge in [-0.2, -0.15) is 0 Å². The Labute approximate surface area is 184 Å². The van der Waals surface area contributed by atoms with Crippen LogP contribution in [0.4, 0.5) is 5.00 Å². The first-order valence-corrected chi connectivity index (χ1v) is 11.2. The first-order valence-electron chi connectivity index (χ1n) is 10.4. The molecule has 4 atom stereocenters. The summed E-state index contributed by atoms with van der Waals surface area (Å²) in [4.78, 5) is 38.0. The van der Waals surface area contributed by atoms with Crippen molar-refractivity contribution < 1.29 is 24.2 Å². The van der Waals surface area contributed by atoms with E-state index < -0.39 is 41.8 Å². The van der Waals surface area contributed by atoms with Crippen LogP contribution in [0.3, 0.4) is 0 Å². The van der Waals surface area contributed by atoms with Crippen LogP contribution < -0.4 is 11.1 Å². The van der Waals surface area contributed by atoms with Gasteiger partial charge in [-0.1, -0.05) is 38.1 Å². The summed E-state index contributed by atoms with van der Waals surface area (Å²) in [7, 11) is 0. The molecule has 0 saturated carbocycles. The minimum atomic E-state index is -1.03. The predicted octanol–water partition coefficient (Wildman–Crippen LogP) is 3.76. The second-order valence-electron chi connectivity index (χ2n) is 8.55. The highest BCUT2D eigenvalue weighted by Crippen LogP contribution is 2.45. The minimum absolute atomic E-state index is 0.254. The highest BCUT2D eigenvalue weighted by atomic mass is 32.1. The molecule has 4 rings (SSSR count). The molecule has 7 nitrogen and oxygen atoms in total. The Hall–Kier alpha value is -2.71. The van der Waals surface area contributed by atoms with E-state index in [4.69, 9.17) is 10.5 Å². The van der Waals surface area contributed by atoms with Crippen LogP contribution in [0.25, 0.3) is 11.1 Å². The molecule has 0 radical (unpaired) electrons. The average molecular weight is 443 g/mol. The number of hydrogen-bond acceptors (Lipinski definition) is 5. The van der Waals surface area contributed by atoms with Crippen molar-refractivity contribution in [2.24, 2.45) is 17.6 Å². The number of carboxylic acid groups (broad SMARTS) is 1. The number of benzene rings is 1. The predicted molar refractivity (Wildman–Crippen MR) is 118 cm³/mol. The van der Waals surface area contributed by atoms with Crippen molar-refractivity contribution in [3.63, 3.8) is 0 Å². The molecule has 0 aliphatic carbocycles. The van der Waals surface area contributed by atoms with Gasteiger partial charge in [0.05, 0.1) is 29.6 Å². The Bertz CT molecular complexity index is 1040. The first-order chi connectivity index (χ1) is 14.7. The van der Waals surface area contributed by atoms with E-state index in [1.807, 2.05) is 31.2 Å². The molecule has 164 valence electrons. The molecule has 2 aromatic rings. The summed E-state index contributed by atoms with van der Waals surface area (Å²) >= 11 is 1.27. The summed E-state index contributed by atoms with van der Waals surface area (Å²) in [5, 5.41) is 12.7. The average Bonchev–Trinajstić information content (AvgIpc) is 3.40. The Morgan fingerprint density at radius 2 is 1.74 bits per heavy atom. The molecule has 1 aromatic carbocycles. The number of carboxylic acids is 1. The molecule has 2 aliphatic heterocycles. The first kappa shape index (κ1) is 21.5. The Balaban J connectivity index is 1.67. The van der Waals surface area contributed by atoms with Crippen LogP contribution in [0.5, 0.6) is 0 Å². The summed E-state index contributed by atoms with van der Waals surface area (Å²) in [5.74, 6) is -3.38. The molecular weight excluding hydrogens is 416 g/mol. The van der Waals surface area contributed by atoms with Crippen molar-refractivity contribution in [1.82, 2.24) is 0 Å². The number of nitrogens with two attached hydrogens (primary N) is 1. The van der Waals surface area contributed by atoms with E-state index in [1.165, 1.54) is 16.9 Å². The van der Waals surface area contributed by atoms with E-state index in [0.717, 1.165) is 10.4 Å². The zero-order valence-corrected chi connectivity index (χ0v) is 18.5. The van der Waals surface area contributed by atoms with Gasteiger partial charge >= 0.3 is 5.97 Å². The number of nitrogens with one attached hydrogen (secondary N) is 1. The highest BCUT2D eigenvalue weighted by Gasteiger charge is 2.55. The largest absolute Gasteiger partial charge is 0.481 e. The number of hydrogen-bond donors (Lipinski definition) is 3. The van der Waals surface area contributed by atoms with Crippen molar-refractivity contribution in [3.05, 3.63) is 40.3 Å². The van der Waals surface area contributed by atoms with E-state index in [-0.39, 0.29) is 5.56 Å². The topological polar surface area (TPSA) is 119 Å². The lowest BCUT2D eigenvalue weighted by Gasteiger charge is -2.23. The number of primary amides is 1. The van der Waals surface area contributed by atoms with Crippen molar-refractivity contribution >= 4 is 34.1 Å². The molecule has 0 unspecified atom stereocenters. The molecule has 2 saturated heterocycles.